The van der Waals surface area contributed by atoms with E-state index in [0.29, 0.717) is 24.7 Å². The lowest BCUT2D eigenvalue weighted by molar-refractivity contribution is -0.124. The zero-order valence-electron chi connectivity index (χ0n) is 10.1. The first kappa shape index (κ1) is 12.8. The molecule has 0 saturated carbocycles. The van der Waals surface area contributed by atoms with E-state index < -0.39 is 0 Å². The van der Waals surface area contributed by atoms with Gasteiger partial charge in [0.25, 0.3) is 5.91 Å². The van der Waals surface area contributed by atoms with Crippen LogP contribution in [0.5, 0.6) is 0 Å². The molecule has 6 heteroatoms. The van der Waals surface area contributed by atoms with Gasteiger partial charge in [0.05, 0.1) is 18.5 Å². The predicted octanol–water partition coefficient (Wildman–Crippen LogP) is 0.603. The van der Waals surface area contributed by atoms with E-state index in [9.17, 15) is 4.79 Å². The lowest BCUT2D eigenvalue weighted by atomic mass is 10.2. The zero-order chi connectivity index (χ0) is 12.8. The lowest BCUT2D eigenvalue weighted by Crippen LogP contribution is -2.26. The summed E-state index contributed by atoms with van der Waals surface area (Å²) in [6.45, 7) is 1.16. The van der Waals surface area contributed by atoms with E-state index in [0.717, 1.165) is 12.8 Å². The minimum Gasteiger partial charge on any atom is -0.395 e. The average molecular weight is 251 g/mol. The number of hydrogen-bond donors (Lipinski definition) is 3. The second kappa shape index (κ2) is 6.32. The first-order chi connectivity index (χ1) is 8.79. The fourth-order valence-electron chi connectivity index (χ4n) is 1.76. The van der Waals surface area contributed by atoms with Gasteiger partial charge in [-0.15, -0.1) is 0 Å². The predicted molar refractivity (Wildman–Crippen MR) is 67.4 cm³/mol. The molecule has 0 radical (unpaired) electrons. The van der Waals surface area contributed by atoms with Crippen LogP contribution in [0, 0.1) is 0 Å². The summed E-state index contributed by atoms with van der Waals surface area (Å²) in [6.07, 6.45) is 2.94. The van der Waals surface area contributed by atoms with Gasteiger partial charge >= 0.3 is 0 Å². The number of ether oxygens (including phenoxy) is 1. The highest BCUT2D eigenvalue weighted by Gasteiger charge is 2.23. The molecular formula is C12H17N3O3. The first-order valence-corrected chi connectivity index (χ1v) is 6.03. The topological polar surface area (TPSA) is 83.5 Å². The second-order valence-corrected chi connectivity index (χ2v) is 4.07. The molecule has 0 spiro atoms. The molecule has 1 atom stereocenters. The van der Waals surface area contributed by atoms with E-state index >= 15 is 0 Å². The molecule has 1 saturated heterocycles. The molecule has 0 bridgehead atoms. The number of carbonyl (C=O) groups is 1. The van der Waals surface area contributed by atoms with E-state index in [1.54, 1.807) is 18.3 Å². The van der Waals surface area contributed by atoms with E-state index in [2.05, 4.69) is 15.6 Å². The maximum absolute atomic E-state index is 11.8. The van der Waals surface area contributed by atoms with Crippen molar-refractivity contribution in [1.82, 2.24) is 4.98 Å². The van der Waals surface area contributed by atoms with Crippen LogP contribution < -0.4 is 10.6 Å². The molecule has 1 aromatic heterocycles. The molecule has 2 heterocycles. The fourth-order valence-corrected chi connectivity index (χ4v) is 1.76. The van der Waals surface area contributed by atoms with Crippen molar-refractivity contribution in [1.29, 1.82) is 0 Å². The van der Waals surface area contributed by atoms with Gasteiger partial charge in [-0.05, 0) is 25.0 Å². The summed E-state index contributed by atoms with van der Waals surface area (Å²) in [6, 6.07) is 3.51. The number of aliphatic hydroxyl groups is 1. The number of nitrogens with one attached hydrogen (secondary N) is 2. The molecule has 2 rings (SSSR count). The molecular weight excluding hydrogens is 234 g/mol. The summed E-state index contributed by atoms with van der Waals surface area (Å²) < 4.78 is 5.29. The molecule has 1 aliphatic heterocycles. The van der Waals surface area contributed by atoms with E-state index in [-0.39, 0.29) is 18.6 Å². The van der Waals surface area contributed by atoms with Crippen LogP contribution in [0.3, 0.4) is 0 Å². The Morgan fingerprint density at radius 2 is 2.44 bits per heavy atom. The third kappa shape index (κ3) is 3.41. The first-order valence-electron chi connectivity index (χ1n) is 6.03. The van der Waals surface area contributed by atoms with Gasteiger partial charge in [-0.3, -0.25) is 4.79 Å². The van der Waals surface area contributed by atoms with E-state index in [1.165, 1.54) is 0 Å². The maximum Gasteiger partial charge on any atom is 0.253 e. The maximum atomic E-state index is 11.8. The Morgan fingerprint density at radius 1 is 1.56 bits per heavy atom. The van der Waals surface area contributed by atoms with Crippen molar-refractivity contribution in [2.75, 3.05) is 30.4 Å². The summed E-state index contributed by atoms with van der Waals surface area (Å²) in [7, 11) is 0. The molecule has 1 fully saturated rings. The molecule has 1 amide bonds. The Kier molecular flexibility index (Phi) is 4.49. The molecule has 1 aromatic rings. The summed E-state index contributed by atoms with van der Waals surface area (Å²) in [5.41, 5.74) is 0.644. The van der Waals surface area contributed by atoms with Crippen LogP contribution in [0.15, 0.2) is 18.3 Å². The van der Waals surface area contributed by atoms with Crippen LogP contribution >= 0.6 is 0 Å². The summed E-state index contributed by atoms with van der Waals surface area (Å²) in [4.78, 5) is 15.9. The number of anilines is 2. The normalized spacial score (nSPS) is 18.6. The highest BCUT2D eigenvalue weighted by molar-refractivity contribution is 5.94. The Morgan fingerprint density at radius 3 is 3.06 bits per heavy atom. The van der Waals surface area contributed by atoms with Crippen molar-refractivity contribution in [3.05, 3.63) is 18.3 Å². The second-order valence-electron chi connectivity index (χ2n) is 4.07. The molecule has 18 heavy (non-hydrogen) atoms. The number of carbonyl (C=O) groups excluding carboxylic acids is 1. The Hall–Kier alpha value is -1.66. The van der Waals surface area contributed by atoms with Crippen molar-refractivity contribution in [2.45, 2.75) is 18.9 Å². The third-order valence-corrected chi connectivity index (χ3v) is 2.67. The van der Waals surface area contributed by atoms with E-state index in [1.807, 2.05) is 0 Å². The molecule has 6 nitrogen and oxygen atoms in total. The number of hydrogen-bond acceptors (Lipinski definition) is 5. The van der Waals surface area contributed by atoms with Gasteiger partial charge in [0, 0.05) is 13.2 Å². The average Bonchev–Trinajstić information content (AvgIpc) is 2.92. The minimum absolute atomic E-state index is 0.0547. The van der Waals surface area contributed by atoms with Crippen LogP contribution in [-0.2, 0) is 9.53 Å². The van der Waals surface area contributed by atoms with Crippen molar-refractivity contribution in [3.63, 3.8) is 0 Å². The van der Waals surface area contributed by atoms with Crippen LogP contribution in [0.1, 0.15) is 12.8 Å². The number of pyridine rings is 1. The van der Waals surface area contributed by atoms with Gasteiger partial charge < -0.3 is 20.5 Å². The van der Waals surface area contributed by atoms with Gasteiger partial charge in [0.2, 0.25) is 0 Å². The van der Waals surface area contributed by atoms with Crippen LogP contribution in [0.2, 0.25) is 0 Å². The van der Waals surface area contributed by atoms with Crippen LogP contribution in [-0.4, -0.2) is 41.9 Å². The third-order valence-electron chi connectivity index (χ3n) is 2.67. The Labute approximate surface area is 105 Å². The summed E-state index contributed by atoms with van der Waals surface area (Å²) in [5.74, 6) is 0.546. The molecule has 1 unspecified atom stereocenters. The number of nitrogens with zero attached hydrogens (tertiary/aromatic N) is 1. The number of aromatic nitrogens is 1. The Bertz CT molecular complexity index is 388. The summed E-state index contributed by atoms with van der Waals surface area (Å²) >= 11 is 0. The van der Waals surface area contributed by atoms with Gasteiger partial charge in [0.15, 0.2) is 0 Å². The van der Waals surface area contributed by atoms with Gasteiger partial charge in [-0.1, -0.05) is 0 Å². The van der Waals surface area contributed by atoms with E-state index in [4.69, 9.17) is 9.84 Å². The lowest BCUT2D eigenvalue weighted by Gasteiger charge is -2.10. The van der Waals surface area contributed by atoms with Crippen molar-refractivity contribution < 1.29 is 14.6 Å². The van der Waals surface area contributed by atoms with Crippen LogP contribution in [0.4, 0.5) is 11.5 Å². The molecule has 1 aliphatic rings. The summed E-state index contributed by atoms with van der Waals surface area (Å²) in [5, 5.41) is 14.4. The quantitative estimate of drug-likeness (QED) is 0.714. The monoisotopic (exact) mass is 251 g/mol. The van der Waals surface area contributed by atoms with Crippen molar-refractivity contribution in [2.24, 2.45) is 0 Å². The number of amides is 1. The SMILES string of the molecule is O=C(Nc1ccc(NCCO)nc1)C1CCCO1. The number of aliphatic hydroxyl groups excluding tert-OH is 1. The number of rotatable bonds is 5. The molecule has 3 N–H and O–H groups in total. The standard InChI is InChI=1S/C12H17N3O3/c16-6-5-13-11-4-3-9(8-14-11)15-12(17)10-2-1-7-18-10/h3-4,8,10,16H,1-2,5-7H2,(H,13,14)(H,15,17). The highest BCUT2D eigenvalue weighted by atomic mass is 16.5. The van der Waals surface area contributed by atoms with Crippen molar-refractivity contribution >= 4 is 17.4 Å². The molecule has 98 valence electrons. The molecule has 0 aromatic carbocycles. The largest absolute Gasteiger partial charge is 0.395 e. The van der Waals surface area contributed by atoms with Gasteiger partial charge in [0.1, 0.15) is 11.9 Å². The Balaban J connectivity index is 1.87. The van der Waals surface area contributed by atoms with Gasteiger partial charge in [-0.25, -0.2) is 4.98 Å². The van der Waals surface area contributed by atoms with Crippen LogP contribution in [0.25, 0.3) is 0 Å². The smallest absolute Gasteiger partial charge is 0.253 e. The highest BCUT2D eigenvalue weighted by Crippen LogP contribution is 2.15. The molecule has 0 aliphatic carbocycles. The van der Waals surface area contributed by atoms with Gasteiger partial charge in [-0.2, -0.15) is 0 Å². The van der Waals surface area contributed by atoms with Crippen molar-refractivity contribution in [3.8, 4) is 0 Å². The minimum atomic E-state index is -0.336. The zero-order valence-corrected chi connectivity index (χ0v) is 10.1. The fraction of sp³-hybridized carbons (Fsp3) is 0.500.